The molecule has 1 aromatic rings. The van der Waals surface area contributed by atoms with E-state index in [-0.39, 0.29) is 17.3 Å². The number of nitrogens with two attached hydrogens (primary N) is 1. The average molecular weight is 328 g/mol. The van der Waals surface area contributed by atoms with Gasteiger partial charge in [0.1, 0.15) is 17.5 Å². The van der Waals surface area contributed by atoms with Crippen LogP contribution < -0.4 is 11.1 Å². The van der Waals surface area contributed by atoms with Crippen molar-refractivity contribution in [1.82, 2.24) is 9.97 Å². The van der Waals surface area contributed by atoms with Crippen LogP contribution in [0.4, 0.5) is 29.3 Å². The predicted octanol–water partition coefficient (Wildman–Crippen LogP) is 1.97. The van der Waals surface area contributed by atoms with Gasteiger partial charge in [0.2, 0.25) is 5.95 Å². The molecule has 0 aliphatic rings. The standard InChI is InChI=1S/C8H6BrF4N5/c9-8(12,13)7(10,11)3-17-6-16-2-4(1-14)5(15)18-6/h2H,3H2,(H3,15,16,17,18). The Hall–Kier alpha value is -1.63. The van der Waals surface area contributed by atoms with Crippen molar-refractivity contribution in [2.45, 2.75) is 10.8 Å². The molecule has 5 nitrogen and oxygen atoms in total. The highest BCUT2D eigenvalue weighted by molar-refractivity contribution is 9.10. The molecule has 0 bridgehead atoms. The average Bonchev–Trinajstić information content (AvgIpc) is 2.25. The summed E-state index contributed by atoms with van der Waals surface area (Å²) in [6, 6.07) is 1.67. The first-order valence-corrected chi connectivity index (χ1v) is 5.17. The number of anilines is 2. The van der Waals surface area contributed by atoms with E-state index in [9.17, 15) is 17.6 Å². The first-order valence-electron chi connectivity index (χ1n) is 4.38. The summed E-state index contributed by atoms with van der Waals surface area (Å²) in [5.74, 6) is -4.94. The number of hydrogen-bond acceptors (Lipinski definition) is 5. The second kappa shape index (κ2) is 4.93. The maximum atomic E-state index is 12.9. The van der Waals surface area contributed by atoms with E-state index < -0.39 is 17.3 Å². The van der Waals surface area contributed by atoms with E-state index in [1.54, 1.807) is 22.0 Å². The van der Waals surface area contributed by atoms with Crippen molar-refractivity contribution in [3.8, 4) is 6.07 Å². The van der Waals surface area contributed by atoms with Gasteiger partial charge in [0, 0.05) is 0 Å². The third-order valence-electron chi connectivity index (χ3n) is 1.82. The van der Waals surface area contributed by atoms with Crippen molar-refractivity contribution in [2.24, 2.45) is 0 Å². The second-order valence-corrected chi connectivity index (χ2v) is 4.16. The molecule has 1 rings (SSSR count). The van der Waals surface area contributed by atoms with E-state index in [1.165, 1.54) is 0 Å². The Morgan fingerprint density at radius 1 is 1.44 bits per heavy atom. The molecule has 3 N–H and O–H groups in total. The summed E-state index contributed by atoms with van der Waals surface area (Å²) in [5.41, 5.74) is 5.26. The number of hydrogen-bond donors (Lipinski definition) is 2. The molecular formula is C8H6BrF4N5. The van der Waals surface area contributed by atoms with Gasteiger partial charge in [-0.1, -0.05) is 0 Å². The molecule has 18 heavy (non-hydrogen) atoms. The zero-order valence-electron chi connectivity index (χ0n) is 8.59. The highest BCUT2D eigenvalue weighted by atomic mass is 79.9. The molecule has 0 amide bonds. The van der Waals surface area contributed by atoms with Crippen molar-refractivity contribution < 1.29 is 17.6 Å². The number of halogens is 5. The molecule has 0 saturated heterocycles. The predicted molar refractivity (Wildman–Crippen MR) is 58.5 cm³/mol. The Bertz CT molecular complexity index is 481. The van der Waals surface area contributed by atoms with Crippen molar-refractivity contribution in [1.29, 1.82) is 5.26 Å². The normalized spacial score (nSPS) is 12.0. The molecule has 10 heteroatoms. The van der Waals surface area contributed by atoms with E-state index in [1.807, 2.05) is 5.32 Å². The highest BCUT2D eigenvalue weighted by Crippen LogP contribution is 2.39. The fraction of sp³-hybridized carbons (Fsp3) is 0.375. The van der Waals surface area contributed by atoms with Crippen LogP contribution in [-0.4, -0.2) is 27.3 Å². The summed E-state index contributed by atoms with van der Waals surface area (Å²) in [6.07, 6.45) is 0.995. The molecule has 0 fully saturated rings. The van der Waals surface area contributed by atoms with Gasteiger partial charge in [-0.25, -0.2) is 4.98 Å². The van der Waals surface area contributed by atoms with Crippen molar-refractivity contribution >= 4 is 27.7 Å². The summed E-state index contributed by atoms with van der Waals surface area (Å²) >= 11 is 1.58. The molecule has 0 radical (unpaired) electrons. The van der Waals surface area contributed by atoms with E-state index in [2.05, 4.69) is 9.97 Å². The molecule has 0 aliphatic heterocycles. The smallest absolute Gasteiger partial charge is 0.365 e. The minimum absolute atomic E-state index is 0.0434. The minimum atomic E-state index is -4.36. The Labute approximate surface area is 107 Å². The van der Waals surface area contributed by atoms with Crippen LogP contribution >= 0.6 is 15.9 Å². The van der Waals surface area contributed by atoms with Gasteiger partial charge in [-0.3, -0.25) is 0 Å². The number of nitrogen functional groups attached to an aromatic ring is 1. The fourth-order valence-corrected chi connectivity index (χ4v) is 0.997. The van der Waals surface area contributed by atoms with E-state index in [0.717, 1.165) is 6.20 Å². The Morgan fingerprint density at radius 3 is 2.50 bits per heavy atom. The van der Waals surface area contributed by atoms with Crippen LogP contribution in [0.3, 0.4) is 0 Å². The molecule has 1 aromatic heterocycles. The maximum Gasteiger partial charge on any atom is 0.365 e. The SMILES string of the molecule is N#Cc1cnc(NCC(F)(F)C(F)(F)Br)nc1N. The summed E-state index contributed by atoms with van der Waals surface area (Å²) < 4.78 is 50.6. The van der Waals surface area contributed by atoms with Gasteiger partial charge in [0.25, 0.3) is 0 Å². The largest absolute Gasteiger partial charge is 0.382 e. The molecule has 0 atom stereocenters. The van der Waals surface area contributed by atoms with E-state index >= 15 is 0 Å². The lowest BCUT2D eigenvalue weighted by molar-refractivity contribution is -0.136. The van der Waals surface area contributed by atoms with Crippen LogP contribution in [0, 0.1) is 11.3 Å². The van der Waals surface area contributed by atoms with Crippen LogP contribution in [0.1, 0.15) is 5.56 Å². The van der Waals surface area contributed by atoms with Gasteiger partial charge in [0.05, 0.1) is 12.7 Å². The zero-order valence-corrected chi connectivity index (χ0v) is 10.2. The van der Waals surface area contributed by atoms with Crippen LogP contribution in [0.5, 0.6) is 0 Å². The van der Waals surface area contributed by atoms with Crippen LogP contribution in [0.2, 0.25) is 0 Å². The summed E-state index contributed by atoms with van der Waals surface area (Å²) in [5, 5.41) is 10.4. The Morgan fingerprint density at radius 2 is 2.06 bits per heavy atom. The second-order valence-electron chi connectivity index (χ2n) is 3.16. The molecule has 0 saturated carbocycles. The van der Waals surface area contributed by atoms with Gasteiger partial charge in [0.15, 0.2) is 0 Å². The van der Waals surface area contributed by atoms with Gasteiger partial charge in [-0.2, -0.15) is 27.8 Å². The molecular weight excluding hydrogens is 322 g/mol. The maximum absolute atomic E-state index is 12.9. The van der Waals surface area contributed by atoms with Crippen LogP contribution in [0.15, 0.2) is 6.20 Å². The number of nitriles is 1. The van der Waals surface area contributed by atoms with Crippen LogP contribution in [0.25, 0.3) is 0 Å². The summed E-state index contributed by atoms with van der Waals surface area (Å²) in [4.78, 5) is 2.59. The number of rotatable bonds is 4. The fourth-order valence-electron chi connectivity index (χ4n) is 0.857. The van der Waals surface area contributed by atoms with E-state index in [0.29, 0.717) is 0 Å². The molecule has 98 valence electrons. The quantitative estimate of drug-likeness (QED) is 0.652. The lowest BCUT2D eigenvalue weighted by Gasteiger charge is -2.21. The third-order valence-corrected chi connectivity index (χ3v) is 2.40. The van der Waals surface area contributed by atoms with Gasteiger partial charge in [-0.05, 0) is 15.9 Å². The van der Waals surface area contributed by atoms with Crippen molar-refractivity contribution in [2.75, 3.05) is 17.6 Å². The zero-order chi connectivity index (χ0) is 14.0. The van der Waals surface area contributed by atoms with Gasteiger partial charge >= 0.3 is 10.8 Å². The van der Waals surface area contributed by atoms with Crippen LogP contribution in [-0.2, 0) is 0 Å². The van der Waals surface area contributed by atoms with Gasteiger partial charge in [-0.15, -0.1) is 0 Å². The number of aromatic nitrogens is 2. The molecule has 0 unspecified atom stereocenters. The Kier molecular flexibility index (Phi) is 3.95. The Balaban J connectivity index is 2.77. The number of alkyl halides is 5. The first-order chi connectivity index (χ1) is 8.17. The number of nitrogens with one attached hydrogen (secondary N) is 1. The lowest BCUT2D eigenvalue weighted by Crippen LogP contribution is -2.41. The highest BCUT2D eigenvalue weighted by Gasteiger charge is 2.54. The summed E-state index contributed by atoms with van der Waals surface area (Å²) in [7, 11) is 0. The first kappa shape index (κ1) is 14.4. The van der Waals surface area contributed by atoms with Crippen molar-refractivity contribution in [3.63, 3.8) is 0 Å². The lowest BCUT2D eigenvalue weighted by atomic mass is 10.3. The number of nitrogens with zero attached hydrogens (tertiary/aromatic N) is 3. The topological polar surface area (TPSA) is 87.6 Å². The minimum Gasteiger partial charge on any atom is -0.382 e. The molecule has 0 spiro atoms. The third kappa shape index (κ3) is 3.19. The van der Waals surface area contributed by atoms with Crippen molar-refractivity contribution in [3.05, 3.63) is 11.8 Å². The monoisotopic (exact) mass is 327 g/mol. The molecule has 0 aromatic carbocycles. The molecule has 1 heterocycles. The summed E-state index contributed by atoms with van der Waals surface area (Å²) in [6.45, 7) is -1.39. The van der Waals surface area contributed by atoms with Gasteiger partial charge < -0.3 is 11.1 Å². The van der Waals surface area contributed by atoms with E-state index in [4.69, 9.17) is 11.0 Å². The molecule has 0 aliphatic carbocycles.